The van der Waals surface area contributed by atoms with E-state index in [-0.39, 0.29) is 6.04 Å². The van der Waals surface area contributed by atoms with E-state index in [0.717, 1.165) is 30.1 Å². The molecule has 0 aliphatic carbocycles. The summed E-state index contributed by atoms with van der Waals surface area (Å²) >= 11 is 5.77. The molecule has 0 spiro atoms. The number of pyridine rings is 1. The van der Waals surface area contributed by atoms with E-state index in [2.05, 4.69) is 44.2 Å². The van der Waals surface area contributed by atoms with E-state index in [9.17, 15) is 0 Å². The second kappa shape index (κ2) is 7.80. The topological polar surface area (TPSA) is 42.3 Å². The minimum absolute atomic E-state index is 0.0464. The molecule has 5 nitrogen and oxygen atoms in total. The van der Waals surface area contributed by atoms with E-state index in [4.69, 9.17) is 17.0 Å². The summed E-state index contributed by atoms with van der Waals surface area (Å²) in [6.45, 7) is 4.38. The third kappa shape index (κ3) is 3.66. The van der Waals surface area contributed by atoms with E-state index in [1.165, 1.54) is 5.69 Å². The van der Waals surface area contributed by atoms with Crippen LogP contribution in [-0.4, -0.2) is 32.7 Å². The maximum Gasteiger partial charge on any atom is 0.174 e. The van der Waals surface area contributed by atoms with Gasteiger partial charge in [-0.05, 0) is 67.2 Å². The first-order chi connectivity index (χ1) is 13.3. The number of nitrogens with zero attached hydrogens (tertiary/aromatic N) is 3. The molecular formula is C21H22N4OS. The van der Waals surface area contributed by atoms with E-state index in [0.29, 0.717) is 11.7 Å². The Bertz CT molecular complexity index is 907. The number of ether oxygens (including phenoxy) is 1. The molecule has 1 aromatic carbocycles. The van der Waals surface area contributed by atoms with Gasteiger partial charge in [0.2, 0.25) is 0 Å². The van der Waals surface area contributed by atoms with Crippen LogP contribution < -0.4 is 10.1 Å². The van der Waals surface area contributed by atoms with E-state index < -0.39 is 0 Å². The molecule has 0 fully saturated rings. The molecule has 1 aliphatic rings. The van der Waals surface area contributed by atoms with Gasteiger partial charge in [0.05, 0.1) is 12.6 Å². The molecular weight excluding hydrogens is 356 g/mol. The third-order valence-corrected chi connectivity index (χ3v) is 5.05. The lowest BCUT2D eigenvalue weighted by Gasteiger charge is -2.38. The summed E-state index contributed by atoms with van der Waals surface area (Å²) in [5.41, 5.74) is 3.31. The lowest BCUT2D eigenvalue weighted by molar-refractivity contribution is 0.293. The Morgan fingerprint density at radius 2 is 2.04 bits per heavy atom. The normalized spacial score (nSPS) is 15.9. The van der Waals surface area contributed by atoms with Gasteiger partial charge in [0.1, 0.15) is 5.75 Å². The third-order valence-electron chi connectivity index (χ3n) is 4.72. The molecule has 1 atom stereocenters. The highest BCUT2D eigenvalue weighted by atomic mass is 32.1. The van der Waals surface area contributed by atoms with Gasteiger partial charge < -0.3 is 19.5 Å². The molecule has 1 unspecified atom stereocenters. The smallest absolute Gasteiger partial charge is 0.174 e. The Labute approximate surface area is 164 Å². The maximum atomic E-state index is 5.77. The molecule has 138 valence electrons. The Kier molecular flexibility index (Phi) is 5.07. The number of hydrogen-bond donors (Lipinski definition) is 1. The van der Waals surface area contributed by atoms with E-state index >= 15 is 0 Å². The first-order valence-electron chi connectivity index (χ1n) is 9.11. The SMILES string of the molecule is CCOc1ccc(NC(=S)N2CCn3cccc3C2c2cccnc2)cc1. The van der Waals surface area contributed by atoms with Crippen molar-refractivity contribution in [1.82, 2.24) is 14.5 Å². The van der Waals surface area contributed by atoms with Crippen molar-refractivity contribution in [2.75, 3.05) is 18.5 Å². The standard InChI is InChI=1S/C21H22N4OS/c1-2-26-18-9-7-17(8-10-18)23-21(27)25-14-13-24-12-4-6-19(24)20(25)16-5-3-11-22-15-16/h3-12,15,20H,2,13-14H2,1H3,(H,23,27). The fraction of sp³-hybridized carbons (Fsp3) is 0.238. The summed E-state index contributed by atoms with van der Waals surface area (Å²) in [6, 6.07) is 16.2. The molecule has 0 amide bonds. The molecule has 1 N–H and O–H groups in total. The van der Waals surface area contributed by atoms with Crippen LogP contribution in [0.2, 0.25) is 0 Å². The maximum absolute atomic E-state index is 5.77. The Hall–Kier alpha value is -2.86. The fourth-order valence-corrected chi connectivity index (χ4v) is 3.80. The Morgan fingerprint density at radius 3 is 2.78 bits per heavy atom. The molecule has 4 rings (SSSR count). The second-order valence-electron chi connectivity index (χ2n) is 6.40. The zero-order valence-electron chi connectivity index (χ0n) is 15.2. The van der Waals surface area contributed by atoms with Crippen LogP contribution in [0.15, 0.2) is 67.1 Å². The summed E-state index contributed by atoms with van der Waals surface area (Å²) in [5, 5.41) is 4.08. The molecule has 0 radical (unpaired) electrons. The highest BCUT2D eigenvalue weighted by Crippen LogP contribution is 2.32. The molecule has 0 saturated carbocycles. The summed E-state index contributed by atoms with van der Waals surface area (Å²) in [6.07, 6.45) is 5.84. The number of aromatic nitrogens is 2. The van der Waals surface area contributed by atoms with Gasteiger partial charge in [0, 0.05) is 43.1 Å². The number of rotatable bonds is 4. The molecule has 6 heteroatoms. The van der Waals surface area contributed by atoms with Crippen molar-refractivity contribution in [3.63, 3.8) is 0 Å². The zero-order valence-corrected chi connectivity index (χ0v) is 16.0. The van der Waals surface area contributed by atoms with Crippen LogP contribution >= 0.6 is 12.2 Å². The minimum atomic E-state index is 0.0464. The molecule has 0 saturated heterocycles. The number of hydrogen-bond acceptors (Lipinski definition) is 3. The van der Waals surface area contributed by atoms with Crippen LogP contribution in [0.3, 0.4) is 0 Å². The lowest BCUT2D eigenvalue weighted by atomic mass is 10.0. The van der Waals surface area contributed by atoms with Crippen LogP contribution in [0.25, 0.3) is 0 Å². The number of thiocarbonyl (C=S) groups is 1. The van der Waals surface area contributed by atoms with Crippen LogP contribution in [0.4, 0.5) is 5.69 Å². The van der Waals surface area contributed by atoms with Crippen molar-refractivity contribution < 1.29 is 4.74 Å². The van der Waals surface area contributed by atoms with Gasteiger partial charge in [-0.2, -0.15) is 0 Å². The van der Waals surface area contributed by atoms with Crippen molar-refractivity contribution in [2.45, 2.75) is 19.5 Å². The molecule has 2 aromatic heterocycles. The van der Waals surface area contributed by atoms with Crippen LogP contribution in [0.5, 0.6) is 5.75 Å². The van der Waals surface area contributed by atoms with Crippen LogP contribution in [0.1, 0.15) is 24.2 Å². The molecule has 3 aromatic rings. The van der Waals surface area contributed by atoms with E-state index in [1.54, 1.807) is 6.20 Å². The largest absolute Gasteiger partial charge is 0.494 e. The first-order valence-corrected chi connectivity index (χ1v) is 9.52. The lowest BCUT2D eigenvalue weighted by Crippen LogP contribution is -2.44. The molecule has 0 bridgehead atoms. The van der Waals surface area contributed by atoms with Gasteiger partial charge >= 0.3 is 0 Å². The van der Waals surface area contributed by atoms with Crippen molar-refractivity contribution in [2.24, 2.45) is 0 Å². The Morgan fingerprint density at radius 1 is 1.19 bits per heavy atom. The highest BCUT2D eigenvalue weighted by Gasteiger charge is 2.30. The molecule has 1 aliphatic heterocycles. The second-order valence-corrected chi connectivity index (χ2v) is 6.78. The molecule has 27 heavy (non-hydrogen) atoms. The predicted molar refractivity (Wildman–Crippen MR) is 111 cm³/mol. The quantitative estimate of drug-likeness (QED) is 0.693. The number of anilines is 1. The zero-order chi connectivity index (χ0) is 18.6. The van der Waals surface area contributed by atoms with Crippen LogP contribution in [-0.2, 0) is 6.54 Å². The van der Waals surface area contributed by atoms with E-state index in [1.807, 2.05) is 43.5 Å². The average Bonchev–Trinajstić information content (AvgIpc) is 3.18. The number of fused-ring (bicyclic) bond motifs is 1. The van der Waals surface area contributed by atoms with Crippen LogP contribution in [0, 0.1) is 0 Å². The summed E-state index contributed by atoms with van der Waals surface area (Å²) in [5.74, 6) is 0.859. The van der Waals surface area contributed by atoms with Crippen molar-refractivity contribution in [1.29, 1.82) is 0 Å². The monoisotopic (exact) mass is 378 g/mol. The van der Waals surface area contributed by atoms with Crippen molar-refractivity contribution >= 4 is 23.0 Å². The Balaban J connectivity index is 1.58. The fourth-order valence-electron chi connectivity index (χ4n) is 3.49. The van der Waals surface area contributed by atoms with Gasteiger partial charge in [-0.15, -0.1) is 0 Å². The van der Waals surface area contributed by atoms with Gasteiger partial charge in [-0.1, -0.05) is 6.07 Å². The average molecular weight is 379 g/mol. The summed E-state index contributed by atoms with van der Waals surface area (Å²) < 4.78 is 7.79. The summed E-state index contributed by atoms with van der Waals surface area (Å²) in [7, 11) is 0. The molecule has 3 heterocycles. The minimum Gasteiger partial charge on any atom is -0.494 e. The van der Waals surface area contributed by atoms with Gasteiger partial charge in [0.15, 0.2) is 5.11 Å². The highest BCUT2D eigenvalue weighted by molar-refractivity contribution is 7.80. The number of nitrogens with one attached hydrogen (secondary N) is 1. The summed E-state index contributed by atoms with van der Waals surface area (Å²) in [4.78, 5) is 6.54. The van der Waals surface area contributed by atoms with Gasteiger partial charge in [-0.25, -0.2) is 0 Å². The van der Waals surface area contributed by atoms with Gasteiger partial charge in [0.25, 0.3) is 0 Å². The predicted octanol–water partition coefficient (Wildman–Crippen LogP) is 4.08. The number of benzene rings is 1. The van der Waals surface area contributed by atoms with Gasteiger partial charge in [-0.3, -0.25) is 4.98 Å². The first kappa shape index (κ1) is 17.5. The van der Waals surface area contributed by atoms with Crippen molar-refractivity contribution in [3.05, 3.63) is 78.4 Å². The van der Waals surface area contributed by atoms with Crippen molar-refractivity contribution in [3.8, 4) is 5.75 Å².